The summed E-state index contributed by atoms with van der Waals surface area (Å²) in [4.78, 5) is 33.9. The number of nitrogens with one attached hydrogen (secondary N) is 1. The van der Waals surface area contributed by atoms with Gasteiger partial charge in [-0.25, -0.2) is 4.79 Å². The van der Waals surface area contributed by atoms with Gasteiger partial charge in [0, 0.05) is 12.1 Å². The number of phenolic OH excluding ortho intramolecular Hbond substituents is 1. The van der Waals surface area contributed by atoms with Crippen LogP contribution in [0, 0.1) is 0 Å². The van der Waals surface area contributed by atoms with E-state index in [0.29, 0.717) is 6.42 Å². The fourth-order valence-electron chi connectivity index (χ4n) is 2.20. The van der Waals surface area contributed by atoms with Gasteiger partial charge in [0.25, 0.3) is 0 Å². The molecule has 2 aromatic carbocycles. The Balaban J connectivity index is 2.30. The zero-order valence-electron chi connectivity index (χ0n) is 14.1. The second kappa shape index (κ2) is 8.75. The predicted octanol–water partition coefficient (Wildman–Crippen LogP) is 4.50. The molecule has 0 atom stereocenters. The highest BCUT2D eigenvalue weighted by molar-refractivity contribution is 6.39. The number of ether oxygens (including phenoxy) is 1. The summed E-state index contributed by atoms with van der Waals surface area (Å²) in [6, 6.07) is 6.67. The van der Waals surface area contributed by atoms with Crippen LogP contribution in [-0.4, -0.2) is 27.9 Å². The van der Waals surface area contributed by atoms with Gasteiger partial charge in [0.05, 0.1) is 15.6 Å². The van der Waals surface area contributed by atoms with Crippen LogP contribution in [0.4, 0.5) is 5.69 Å². The monoisotopic (exact) mass is 411 g/mol. The first-order chi connectivity index (χ1) is 12.7. The number of carbonyl (C=O) groups excluding carboxylic acids is 2. The molecule has 0 aliphatic carbocycles. The third kappa shape index (κ3) is 5.12. The predicted molar refractivity (Wildman–Crippen MR) is 100 cm³/mol. The fourth-order valence-corrected chi connectivity index (χ4v) is 2.76. The minimum absolute atomic E-state index is 0.0118. The van der Waals surface area contributed by atoms with E-state index in [2.05, 4.69) is 5.32 Å². The Kier molecular flexibility index (Phi) is 6.65. The number of carbonyl (C=O) groups is 3. The lowest BCUT2D eigenvalue weighted by molar-refractivity contribution is -0.147. The second-order valence-corrected chi connectivity index (χ2v) is 6.30. The minimum atomic E-state index is -1.66. The number of hydrogen-bond donors (Lipinski definition) is 3. The number of anilines is 1. The number of carboxylic acid groups (broad SMARTS) is 1. The average molecular weight is 412 g/mol. The van der Waals surface area contributed by atoms with Crippen LogP contribution in [0.15, 0.2) is 30.3 Å². The highest BCUT2D eigenvalue weighted by atomic mass is 35.5. The van der Waals surface area contributed by atoms with Crippen LogP contribution in [0.3, 0.4) is 0 Å². The molecule has 0 saturated carbocycles. The molecule has 1 amide bonds. The number of hydrogen-bond acceptors (Lipinski definition) is 5. The molecule has 0 fully saturated rings. The van der Waals surface area contributed by atoms with Crippen molar-refractivity contribution in [2.75, 3.05) is 5.32 Å². The molecule has 2 rings (SSSR count). The summed E-state index contributed by atoms with van der Waals surface area (Å²) in [5.41, 5.74) is 0.196. The number of phenols is 1. The molecule has 0 aromatic heterocycles. The van der Waals surface area contributed by atoms with Gasteiger partial charge < -0.3 is 20.3 Å². The van der Waals surface area contributed by atoms with Crippen LogP contribution < -0.4 is 10.1 Å². The van der Waals surface area contributed by atoms with Crippen molar-refractivity contribution >= 4 is 46.5 Å². The Morgan fingerprint density at radius 3 is 2.30 bits per heavy atom. The molecule has 0 bridgehead atoms. The molecule has 3 N–H and O–H groups in total. The quantitative estimate of drug-likeness (QED) is 0.476. The number of aliphatic carboxylic acids is 1. The van der Waals surface area contributed by atoms with Crippen LogP contribution in [0.5, 0.6) is 17.2 Å². The maximum Gasteiger partial charge on any atom is 0.394 e. The van der Waals surface area contributed by atoms with Gasteiger partial charge in [0.15, 0.2) is 11.5 Å². The molecule has 0 saturated heterocycles. The largest absolute Gasteiger partial charge is 0.507 e. The summed E-state index contributed by atoms with van der Waals surface area (Å²) in [5.74, 6) is -3.02. The van der Waals surface area contributed by atoms with Crippen molar-refractivity contribution in [2.45, 2.75) is 19.8 Å². The summed E-state index contributed by atoms with van der Waals surface area (Å²) >= 11 is 12.2. The molecule has 0 aliphatic rings. The SMILES string of the molecule is CCCC(=O)c1cc(Oc2c(Cl)cc(NC(=O)C(=O)O)cc2Cl)ccc1O. The van der Waals surface area contributed by atoms with Gasteiger partial charge in [-0.3, -0.25) is 9.59 Å². The number of benzene rings is 2. The Bertz CT molecular complexity index is 890. The number of carboxylic acids is 1. The van der Waals surface area contributed by atoms with Crippen LogP contribution in [0.1, 0.15) is 30.1 Å². The standard InChI is InChI=1S/C18H15Cl2NO6/c1-2-3-14(22)11-8-10(4-5-15(11)23)27-16-12(19)6-9(7-13(16)20)21-17(24)18(25)26/h4-8,23H,2-3H2,1H3,(H,21,24)(H,25,26). The Morgan fingerprint density at radius 2 is 1.74 bits per heavy atom. The Hall–Kier alpha value is -2.77. The normalized spacial score (nSPS) is 10.3. The number of Topliss-reactive ketones (excluding diaryl/α,β-unsaturated/α-hetero) is 1. The summed E-state index contributed by atoms with van der Waals surface area (Å²) in [6.45, 7) is 1.85. The zero-order chi connectivity index (χ0) is 20.1. The summed E-state index contributed by atoms with van der Waals surface area (Å²) in [6.07, 6.45) is 0.904. The number of amides is 1. The zero-order valence-corrected chi connectivity index (χ0v) is 15.6. The smallest absolute Gasteiger partial charge is 0.394 e. The average Bonchev–Trinajstić information content (AvgIpc) is 2.59. The molecule has 0 heterocycles. The van der Waals surface area contributed by atoms with Crippen LogP contribution >= 0.6 is 23.2 Å². The van der Waals surface area contributed by atoms with Crippen molar-refractivity contribution in [1.82, 2.24) is 0 Å². The van der Waals surface area contributed by atoms with E-state index in [1.54, 1.807) is 0 Å². The van der Waals surface area contributed by atoms with E-state index in [4.69, 9.17) is 33.0 Å². The number of rotatable bonds is 6. The summed E-state index contributed by atoms with van der Waals surface area (Å²) in [5, 5.41) is 20.6. The van der Waals surface area contributed by atoms with Gasteiger partial charge >= 0.3 is 11.9 Å². The second-order valence-electron chi connectivity index (χ2n) is 5.48. The molecule has 0 unspecified atom stereocenters. The van der Waals surface area contributed by atoms with Crippen molar-refractivity contribution in [3.8, 4) is 17.2 Å². The molecule has 0 radical (unpaired) electrons. The highest BCUT2D eigenvalue weighted by Gasteiger charge is 2.17. The van der Waals surface area contributed by atoms with E-state index in [1.807, 2.05) is 6.92 Å². The lowest BCUT2D eigenvalue weighted by Gasteiger charge is -2.13. The first-order valence-corrected chi connectivity index (χ1v) is 8.56. The molecule has 9 heteroatoms. The minimum Gasteiger partial charge on any atom is -0.507 e. The third-order valence-electron chi connectivity index (χ3n) is 3.42. The molecule has 27 heavy (non-hydrogen) atoms. The molecule has 2 aromatic rings. The van der Waals surface area contributed by atoms with E-state index in [1.165, 1.54) is 30.3 Å². The number of halogens is 2. The van der Waals surface area contributed by atoms with Crippen molar-refractivity contribution < 1.29 is 29.3 Å². The first kappa shape index (κ1) is 20.5. The lowest BCUT2D eigenvalue weighted by Crippen LogP contribution is -2.21. The van der Waals surface area contributed by atoms with Gasteiger partial charge in [-0.05, 0) is 36.8 Å². The van der Waals surface area contributed by atoms with E-state index < -0.39 is 11.9 Å². The van der Waals surface area contributed by atoms with Gasteiger partial charge in [-0.2, -0.15) is 0 Å². The van der Waals surface area contributed by atoms with Crippen LogP contribution in [0.25, 0.3) is 0 Å². The molecule has 7 nitrogen and oxygen atoms in total. The maximum atomic E-state index is 12.1. The molecule has 0 aliphatic heterocycles. The molecule has 142 valence electrons. The number of ketones is 1. The maximum absolute atomic E-state index is 12.1. The van der Waals surface area contributed by atoms with E-state index >= 15 is 0 Å². The highest BCUT2D eigenvalue weighted by Crippen LogP contribution is 2.39. The Morgan fingerprint density at radius 1 is 1.11 bits per heavy atom. The number of aromatic hydroxyl groups is 1. The van der Waals surface area contributed by atoms with Gasteiger partial charge in [0.1, 0.15) is 11.5 Å². The third-order valence-corrected chi connectivity index (χ3v) is 3.98. The molecule has 0 spiro atoms. The van der Waals surface area contributed by atoms with E-state index in [-0.39, 0.29) is 50.7 Å². The van der Waals surface area contributed by atoms with E-state index in [0.717, 1.165) is 0 Å². The topological polar surface area (TPSA) is 113 Å². The summed E-state index contributed by atoms with van der Waals surface area (Å²) < 4.78 is 5.62. The fraction of sp³-hybridized carbons (Fsp3) is 0.167. The van der Waals surface area contributed by atoms with E-state index in [9.17, 15) is 19.5 Å². The van der Waals surface area contributed by atoms with Gasteiger partial charge in [0.2, 0.25) is 0 Å². The van der Waals surface area contributed by atoms with Crippen LogP contribution in [-0.2, 0) is 9.59 Å². The van der Waals surface area contributed by atoms with Gasteiger partial charge in [-0.1, -0.05) is 30.1 Å². The first-order valence-electron chi connectivity index (χ1n) is 7.80. The molecular formula is C18H15Cl2NO6. The summed E-state index contributed by atoms with van der Waals surface area (Å²) in [7, 11) is 0. The molecular weight excluding hydrogens is 397 g/mol. The van der Waals surface area contributed by atoms with Crippen molar-refractivity contribution in [3.63, 3.8) is 0 Å². The van der Waals surface area contributed by atoms with Crippen molar-refractivity contribution in [3.05, 3.63) is 45.9 Å². The van der Waals surface area contributed by atoms with Crippen LogP contribution in [0.2, 0.25) is 10.0 Å². The van der Waals surface area contributed by atoms with Gasteiger partial charge in [-0.15, -0.1) is 0 Å². The lowest BCUT2D eigenvalue weighted by atomic mass is 10.1. The van der Waals surface area contributed by atoms with Crippen molar-refractivity contribution in [1.29, 1.82) is 0 Å². The Labute approximate surface area is 164 Å². The van der Waals surface area contributed by atoms with Crippen molar-refractivity contribution in [2.24, 2.45) is 0 Å².